The van der Waals surface area contributed by atoms with Crippen molar-refractivity contribution >= 4 is 17.7 Å². The van der Waals surface area contributed by atoms with Crippen LogP contribution in [0.25, 0.3) is 0 Å². The third kappa shape index (κ3) is 5.23. The first-order chi connectivity index (χ1) is 11.3. The summed E-state index contributed by atoms with van der Waals surface area (Å²) in [6.07, 6.45) is 3.13. The summed E-state index contributed by atoms with van der Waals surface area (Å²) in [5.74, 6) is 2.35. The SMILES string of the molecule is O=C(CC1CSCCN1)NC(CN1CCCC1)c1ccccc1. The quantitative estimate of drug-likeness (QED) is 0.836. The van der Waals surface area contributed by atoms with E-state index in [9.17, 15) is 4.79 Å². The summed E-state index contributed by atoms with van der Waals surface area (Å²) in [5.41, 5.74) is 1.21. The lowest BCUT2D eigenvalue weighted by Gasteiger charge is -2.27. The van der Waals surface area contributed by atoms with E-state index >= 15 is 0 Å². The first kappa shape index (κ1) is 16.8. The van der Waals surface area contributed by atoms with Gasteiger partial charge in [0.05, 0.1) is 6.04 Å². The standard InChI is InChI=1S/C18H27N3OS/c22-18(12-16-14-23-11-8-19-16)20-17(13-21-9-4-5-10-21)15-6-2-1-3-7-15/h1-3,6-7,16-17,19H,4-5,8-14H2,(H,20,22). The van der Waals surface area contributed by atoms with E-state index in [1.165, 1.54) is 18.4 Å². The smallest absolute Gasteiger partial charge is 0.222 e. The number of likely N-dealkylation sites (tertiary alicyclic amines) is 1. The second-order valence-electron chi connectivity index (χ2n) is 6.47. The summed E-state index contributed by atoms with van der Waals surface area (Å²) in [6, 6.07) is 10.8. The fraction of sp³-hybridized carbons (Fsp3) is 0.611. The van der Waals surface area contributed by atoms with Crippen LogP contribution in [0.4, 0.5) is 0 Å². The van der Waals surface area contributed by atoms with E-state index in [4.69, 9.17) is 0 Å². The molecule has 0 aliphatic carbocycles. The van der Waals surface area contributed by atoms with Gasteiger partial charge in [0, 0.05) is 37.1 Å². The molecule has 2 aliphatic heterocycles. The Hall–Kier alpha value is -1.04. The molecule has 5 heteroatoms. The molecule has 1 aromatic carbocycles. The monoisotopic (exact) mass is 333 g/mol. The van der Waals surface area contributed by atoms with Crippen molar-refractivity contribution in [3.8, 4) is 0 Å². The molecule has 2 atom stereocenters. The Labute approximate surface area is 143 Å². The Kier molecular flexibility index (Phi) is 6.37. The number of carbonyl (C=O) groups is 1. The van der Waals surface area contributed by atoms with Gasteiger partial charge in [0.1, 0.15) is 0 Å². The molecular weight excluding hydrogens is 306 g/mol. The molecule has 126 valence electrons. The number of nitrogens with zero attached hydrogens (tertiary/aromatic N) is 1. The Morgan fingerprint density at radius 3 is 2.78 bits per heavy atom. The molecule has 2 aliphatic rings. The highest BCUT2D eigenvalue weighted by atomic mass is 32.2. The average Bonchev–Trinajstić information content (AvgIpc) is 3.09. The van der Waals surface area contributed by atoms with Crippen molar-refractivity contribution in [2.24, 2.45) is 0 Å². The van der Waals surface area contributed by atoms with Crippen LogP contribution in [-0.2, 0) is 4.79 Å². The van der Waals surface area contributed by atoms with Gasteiger partial charge in [0.25, 0.3) is 0 Å². The van der Waals surface area contributed by atoms with Crippen LogP contribution in [0.1, 0.15) is 30.9 Å². The summed E-state index contributed by atoms with van der Waals surface area (Å²) in [7, 11) is 0. The van der Waals surface area contributed by atoms with Gasteiger partial charge in [-0.15, -0.1) is 0 Å². The maximum absolute atomic E-state index is 12.5. The zero-order valence-corrected chi connectivity index (χ0v) is 14.5. The molecule has 3 rings (SSSR count). The Bertz CT molecular complexity index is 484. The molecule has 2 fully saturated rings. The van der Waals surface area contributed by atoms with Crippen LogP contribution in [0.5, 0.6) is 0 Å². The molecule has 1 amide bonds. The van der Waals surface area contributed by atoms with Crippen LogP contribution in [0.2, 0.25) is 0 Å². The average molecular weight is 334 g/mol. The van der Waals surface area contributed by atoms with Crippen molar-refractivity contribution in [3.05, 3.63) is 35.9 Å². The molecule has 0 spiro atoms. The third-order valence-electron chi connectivity index (χ3n) is 4.61. The Morgan fingerprint density at radius 2 is 2.09 bits per heavy atom. The van der Waals surface area contributed by atoms with Gasteiger partial charge in [0.15, 0.2) is 0 Å². The van der Waals surface area contributed by atoms with Crippen molar-refractivity contribution < 1.29 is 4.79 Å². The summed E-state index contributed by atoms with van der Waals surface area (Å²) in [5, 5.41) is 6.72. The van der Waals surface area contributed by atoms with Gasteiger partial charge in [-0.2, -0.15) is 11.8 Å². The summed E-state index contributed by atoms with van der Waals surface area (Å²) in [4.78, 5) is 15.0. The van der Waals surface area contributed by atoms with Crippen LogP contribution in [0.15, 0.2) is 30.3 Å². The molecule has 2 unspecified atom stereocenters. The van der Waals surface area contributed by atoms with Gasteiger partial charge in [-0.1, -0.05) is 30.3 Å². The van der Waals surface area contributed by atoms with Crippen molar-refractivity contribution in [1.29, 1.82) is 0 Å². The normalized spacial score (nSPS) is 23.6. The number of thioether (sulfide) groups is 1. The molecule has 0 radical (unpaired) electrons. The Balaban J connectivity index is 1.59. The van der Waals surface area contributed by atoms with Gasteiger partial charge in [-0.25, -0.2) is 0 Å². The van der Waals surface area contributed by atoms with Crippen molar-refractivity contribution in [2.75, 3.05) is 37.7 Å². The van der Waals surface area contributed by atoms with E-state index in [0.717, 1.165) is 37.7 Å². The molecule has 0 aromatic heterocycles. The predicted octanol–water partition coefficient (Wildman–Crippen LogP) is 2.03. The van der Waals surface area contributed by atoms with E-state index in [1.54, 1.807) is 0 Å². The number of benzene rings is 1. The van der Waals surface area contributed by atoms with Crippen molar-refractivity contribution in [1.82, 2.24) is 15.5 Å². The number of carbonyl (C=O) groups excluding carboxylic acids is 1. The fourth-order valence-electron chi connectivity index (χ4n) is 3.37. The molecule has 2 heterocycles. The van der Waals surface area contributed by atoms with Crippen molar-refractivity contribution in [2.45, 2.75) is 31.3 Å². The van der Waals surface area contributed by atoms with Crippen LogP contribution in [0.3, 0.4) is 0 Å². The third-order valence-corrected chi connectivity index (χ3v) is 5.74. The first-order valence-electron chi connectivity index (χ1n) is 8.69. The van der Waals surface area contributed by atoms with Crippen LogP contribution >= 0.6 is 11.8 Å². The fourth-order valence-corrected chi connectivity index (χ4v) is 4.32. The first-order valence-corrected chi connectivity index (χ1v) is 9.84. The van der Waals surface area contributed by atoms with E-state index in [2.05, 4.69) is 39.8 Å². The minimum absolute atomic E-state index is 0.0954. The maximum Gasteiger partial charge on any atom is 0.222 e. The number of nitrogens with one attached hydrogen (secondary N) is 2. The lowest BCUT2D eigenvalue weighted by Crippen LogP contribution is -2.43. The van der Waals surface area contributed by atoms with Gasteiger partial charge in [0.2, 0.25) is 5.91 Å². The lowest BCUT2D eigenvalue weighted by molar-refractivity contribution is -0.122. The molecule has 23 heavy (non-hydrogen) atoms. The summed E-state index contributed by atoms with van der Waals surface area (Å²) >= 11 is 1.94. The highest BCUT2D eigenvalue weighted by Crippen LogP contribution is 2.18. The molecule has 2 N–H and O–H groups in total. The zero-order valence-electron chi connectivity index (χ0n) is 13.7. The number of amides is 1. The van der Waals surface area contributed by atoms with Gasteiger partial charge >= 0.3 is 0 Å². The summed E-state index contributed by atoms with van der Waals surface area (Å²) < 4.78 is 0. The van der Waals surface area contributed by atoms with Gasteiger partial charge < -0.3 is 15.5 Å². The van der Waals surface area contributed by atoms with E-state index < -0.39 is 0 Å². The minimum atomic E-state index is 0.0954. The largest absolute Gasteiger partial charge is 0.348 e. The molecule has 4 nitrogen and oxygen atoms in total. The highest BCUT2D eigenvalue weighted by molar-refractivity contribution is 7.99. The predicted molar refractivity (Wildman–Crippen MR) is 96.7 cm³/mol. The Morgan fingerprint density at radius 1 is 1.30 bits per heavy atom. The molecule has 0 bridgehead atoms. The zero-order chi connectivity index (χ0) is 15.9. The van der Waals surface area contributed by atoms with Gasteiger partial charge in [-0.3, -0.25) is 4.79 Å². The lowest BCUT2D eigenvalue weighted by atomic mass is 10.1. The second-order valence-corrected chi connectivity index (χ2v) is 7.62. The van der Waals surface area contributed by atoms with E-state index in [-0.39, 0.29) is 11.9 Å². The molecule has 0 saturated carbocycles. The number of rotatable bonds is 6. The molecule has 1 aromatic rings. The molecule has 2 saturated heterocycles. The minimum Gasteiger partial charge on any atom is -0.348 e. The van der Waals surface area contributed by atoms with Crippen LogP contribution in [0, 0.1) is 0 Å². The van der Waals surface area contributed by atoms with E-state index in [0.29, 0.717) is 12.5 Å². The second kappa shape index (κ2) is 8.71. The topological polar surface area (TPSA) is 44.4 Å². The van der Waals surface area contributed by atoms with Crippen LogP contribution < -0.4 is 10.6 Å². The van der Waals surface area contributed by atoms with E-state index in [1.807, 2.05) is 17.8 Å². The highest BCUT2D eigenvalue weighted by Gasteiger charge is 2.22. The maximum atomic E-state index is 12.5. The van der Waals surface area contributed by atoms with Gasteiger partial charge in [-0.05, 0) is 31.5 Å². The van der Waals surface area contributed by atoms with Crippen molar-refractivity contribution in [3.63, 3.8) is 0 Å². The van der Waals surface area contributed by atoms with Crippen LogP contribution in [-0.4, -0.2) is 54.5 Å². The number of hydrogen-bond donors (Lipinski definition) is 2. The number of hydrogen-bond acceptors (Lipinski definition) is 4. The molecular formula is C18H27N3OS. The summed E-state index contributed by atoms with van der Waals surface area (Å²) in [6.45, 7) is 4.24.